The molecule has 2 rings (SSSR count). The van der Waals surface area contributed by atoms with Crippen molar-refractivity contribution in [1.82, 2.24) is 0 Å². The molecule has 1 amide bonds. The molecule has 0 aromatic heterocycles. The lowest BCUT2D eigenvalue weighted by atomic mass is 10.1. The average Bonchev–Trinajstić information content (AvgIpc) is 2.51. The highest BCUT2D eigenvalue weighted by atomic mass is 79.9. The third-order valence-corrected chi connectivity index (χ3v) is 4.41. The quantitative estimate of drug-likeness (QED) is 0.869. The first kappa shape index (κ1) is 16.4. The number of benzene rings is 2. The zero-order chi connectivity index (χ0) is 16.1. The van der Waals surface area contributed by atoms with E-state index in [0.29, 0.717) is 17.2 Å². The minimum Gasteiger partial charge on any atom is -0.495 e. The Morgan fingerprint density at radius 3 is 2.45 bits per heavy atom. The highest BCUT2D eigenvalue weighted by Gasteiger charge is 2.09. The van der Waals surface area contributed by atoms with Crippen molar-refractivity contribution in [2.75, 3.05) is 19.0 Å². The Bertz CT molecular complexity index is 662. The molecule has 22 heavy (non-hydrogen) atoms. The summed E-state index contributed by atoms with van der Waals surface area (Å²) in [5.41, 5.74) is 2.77. The standard InChI is InChI=1S/C17H18BrNO3/c1-11-8-13(9-12(2)17(11)18)22-10-16(20)19-14-6-4-5-7-15(14)21-3/h4-9H,10H2,1-3H3,(H,19,20). The van der Waals surface area contributed by atoms with Gasteiger partial charge in [-0.1, -0.05) is 28.1 Å². The van der Waals surface area contributed by atoms with Gasteiger partial charge in [0.2, 0.25) is 0 Å². The van der Waals surface area contributed by atoms with Gasteiger partial charge in [0.05, 0.1) is 12.8 Å². The number of amides is 1. The largest absolute Gasteiger partial charge is 0.495 e. The number of aryl methyl sites for hydroxylation is 2. The number of hydrogen-bond acceptors (Lipinski definition) is 3. The number of ether oxygens (including phenoxy) is 2. The first-order valence-corrected chi connectivity index (χ1v) is 7.63. The maximum absolute atomic E-state index is 12.0. The lowest BCUT2D eigenvalue weighted by molar-refractivity contribution is -0.118. The van der Waals surface area contributed by atoms with Crippen molar-refractivity contribution < 1.29 is 14.3 Å². The van der Waals surface area contributed by atoms with E-state index in [2.05, 4.69) is 21.2 Å². The molecule has 0 aliphatic carbocycles. The second-order valence-corrected chi connectivity index (χ2v) is 5.70. The van der Waals surface area contributed by atoms with E-state index >= 15 is 0 Å². The van der Waals surface area contributed by atoms with Crippen LogP contribution in [0.2, 0.25) is 0 Å². The number of anilines is 1. The minimum atomic E-state index is -0.234. The molecule has 0 heterocycles. The van der Waals surface area contributed by atoms with Gasteiger partial charge in [-0.3, -0.25) is 4.79 Å². The molecule has 2 aromatic carbocycles. The number of hydrogen-bond donors (Lipinski definition) is 1. The number of halogens is 1. The zero-order valence-electron chi connectivity index (χ0n) is 12.8. The number of carbonyl (C=O) groups is 1. The molecule has 0 aliphatic heterocycles. The molecule has 0 aliphatic rings. The van der Waals surface area contributed by atoms with Crippen LogP contribution in [0.15, 0.2) is 40.9 Å². The Balaban J connectivity index is 1.98. The van der Waals surface area contributed by atoms with Gasteiger partial charge >= 0.3 is 0 Å². The number of carbonyl (C=O) groups excluding carboxylic acids is 1. The number of para-hydroxylation sites is 2. The molecule has 0 fully saturated rings. The molecule has 0 spiro atoms. The minimum absolute atomic E-state index is 0.0570. The second-order valence-electron chi connectivity index (χ2n) is 4.91. The molecular weight excluding hydrogens is 346 g/mol. The fraction of sp³-hybridized carbons (Fsp3) is 0.235. The van der Waals surface area contributed by atoms with E-state index in [1.807, 2.05) is 38.1 Å². The highest BCUT2D eigenvalue weighted by molar-refractivity contribution is 9.10. The smallest absolute Gasteiger partial charge is 0.262 e. The molecule has 0 bridgehead atoms. The van der Waals surface area contributed by atoms with Crippen LogP contribution in [0.5, 0.6) is 11.5 Å². The van der Waals surface area contributed by atoms with E-state index in [-0.39, 0.29) is 12.5 Å². The summed E-state index contributed by atoms with van der Waals surface area (Å²) in [5, 5.41) is 2.77. The summed E-state index contributed by atoms with van der Waals surface area (Å²) in [5.74, 6) is 1.06. The van der Waals surface area contributed by atoms with Crippen LogP contribution in [-0.2, 0) is 4.79 Å². The van der Waals surface area contributed by atoms with E-state index in [1.54, 1.807) is 19.2 Å². The molecule has 0 saturated heterocycles. The van der Waals surface area contributed by atoms with Gasteiger partial charge in [0.1, 0.15) is 11.5 Å². The third-order valence-electron chi connectivity index (χ3n) is 3.16. The van der Waals surface area contributed by atoms with Crippen molar-refractivity contribution in [1.29, 1.82) is 0 Å². The molecule has 0 radical (unpaired) electrons. The number of methoxy groups -OCH3 is 1. The molecule has 4 nitrogen and oxygen atoms in total. The lowest BCUT2D eigenvalue weighted by Gasteiger charge is -2.12. The van der Waals surface area contributed by atoms with Crippen LogP contribution >= 0.6 is 15.9 Å². The molecular formula is C17H18BrNO3. The molecule has 0 saturated carbocycles. The Morgan fingerprint density at radius 2 is 1.82 bits per heavy atom. The fourth-order valence-electron chi connectivity index (χ4n) is 2.07. The topological polar surface area (TPSA) is 47.6 Å². The summed E-state index contributed by atoms with van der Waals surface area (Å²) < 4.78 is 11.8. The van der Waals surface area contributed by atoms with Gasteiger partial charge in [0.25, 0.3) is 5.91 Å². The van der Waals surface area contributed by atoms with Crippen molar-refractivity contribution in [3.05, 3.63) is 52.0 Å². The van der Waals surface area contributed by atoms with Crippen molar-refractivity contribution in [3.63, 3.8) is 0 Å². The number of nitrogens with one attached hydrogen (secondary N) is 1. The van der Waals surface area contributed by atoms with Crippen molar-refractivity contribution >= 4 is 27.5 Å². The van der Waals surface area contributed by atoms with Gasteiger partial charge in [0.15, 0.2) is 6.61 Å². The van der Waals surface area contributed by atoms with Crippen molar-refractivity contribution in [2.24, 2.45) is 0 Å². The maximum Gasteiger partial charge on any atom is 0.262 e. The summed E-state index contributed by atoms with van der Waals surface area (Å²) >= 11 is 3.50. The van der Waals surface area contributed by atoms with Gasteiger partial charge in [0, 0.05) is 4.47 Å². The van der Waals surface area contributed by atoms with E-state index in [9.17, 15) is 4.79 Å². The zero-order valence-corrected chi connectivity index (χ0v) is 14.4. The lowest BCUT2D eigenvalue weighted by Crippen LogP contribution is -2.20. The van der Waals surface area contributed by atoms with Crippen molar-refractivity contribution in [2.45, 2.75) is 13.8 Å². The molecule has 5 heteroatoms. The molecule has 0 unspecified atom stereocenters. The maximum atomic E-state index is 12.0. The van der Waals surface area contributed by atoms with Crippen LogP contribution in [0.3, 0.4) is 0 Å². The second kappa shape index (κ2) is 7.31. The molecule has 1 N–H and O–H groups in total. The van der Waals surface area contributed by atoms with Gasteiger partial charge in [-0.25, -0.2) is 0 Å². The molecule has 2 aromatic rings. The summed E-state index contributed by atoms with van der Waals surface area (Å²) in [6, 6.07) is 11.0. The van der Waals surface area contributed by atoms with E-state index < -0.39 is 0 Å². The monoisotopic (exact) mass is 363 g/mol. The van der Waals surface area contributed by atoms with Crippen LogP contribution in [-0.4, -0.2) is 19.6 Å². The normalized spacial score (nSPS) is 10.2. The fourth-order valence-corrected chi connectivity index (χ4v) is 2.30. The van der Waals surface area contributed by atoms with Gasteiger partial charge in [-0.2, -0.15) is 0 Å². The summed E-state index contributed by atoms with van der Waals surface area (Å²) in [7, 11) is 1.56. The van der Waals surface area contributed by atoms with Gasteiger partial charge < -0.3 is 14.8 Å². The Hall–Kier alpha value is -2.01. The van der Waals surface area contributed by atoms with Gasteiger partial charge in [-0.15, -0.1) is 0 Å². The third kappa shape index (κ3) is 4.01. The van der Waals surface area contributed by atoms with Crippen LogP contribution in [0.25, 0.3) is 0 Å². The van der Waals surface area contributed by atoms with E-state index in [0.717, 1.165) is 15.6 Å². The van der Waals surface area contributed by atoms with Crippen LogP contribution in [0, 0.1) is 13.8 Å². The van der Waals surface area contributed by atoms with Gasteiger partial charge in [-0.05, 0) is 49.2 Å². The van der Waals surface area contributed by atoms with Crippen LogP contribution in [0.1, 0.15) is 11.1 Å². The predicted molar refractivity (Wildman–Crippen MR) is 90.7 cm³/mol. The highest BCUT2D eigenvalue weighted by Crippen LogP contribution is 2.26. The first-order valence-electron chi connectivity index (χ1n) is 6.83. The summed E-state index contributed by atoms with van der Waals surface area (Å²) in [6.45, 7) is 3.91. The molecule has 116 valence electrons. The van der Waals surface area contributed by atoms with Crippen molar-refractivity contribution in [3.8, 4) is 11.5 Å². The molecule has 0 atom stereocenters. The summed E-state index contributed by atoms with van der Waals surface area (Å²) in [6.07, 6.45) is 0. The average molecular weight is 364 g/mol. The Morgan fingerprint density at radius 1 is 1.18 bits per heavy atom. The summed E-state index contributed by atoms with van der Waals surface area (Å²) in [4.78, 5) is 12.0. The first-order chi connectivity index (χ1) is 10.5. The predicted octanol–water partition coefficient (Wildman–Crippen LogP) is 4.09. The SMILES string of the molecule is COc1ccccc1NC(=O)COc1cc(C)c(Br)c(C)c1. The van der Waals surface area contributed by atoms with E-state index in [1.165, 1.54) is 0 Å². The number of rotatable bonds is 5. The van der Waals surface area contributed by atoms with Crippen LogP contribution in [0.4, 0.5) is 5.69 Å². The Kier molecular flexibility index (Phi) is 5.44. The van der Waals surface area contributed by atoms with E-state index in [4.69, 9.17) is 9.47 Å². The van der Waals surface area contributed by atoms with Crippen LogP contribution < -0.4 is 14.8 Å². The Labute approximate surface area is 138 Å².